The second-order valence-corrected chi connectivity index (χ2v) is 12.1. The van der Waals surface area contributed by atoms with E-state index in [1.165, 1.54) is 89.9 Å². The van der Waals surface area contributed by atoms with E-state index in [0.717, 1.165) is 37.5 Å². The van der Waals surface area contributed by atoms with E-state index in [1.807, 2.05) is 0 Å². The fourth-order valence-corrected chi connectivity index (χ4v) is 4.55. The Balaban J connectivity index is 3.86. The predicted molar refractivity (Wildman–Crippen MR) is 157 cm³/mol. The fraction of sp³-hybridized carbons (Fsp3) is 1.00. The van der Waals surface area contributed by atoms with Crippen molar-refractivity contribution in [2.75, 3.05) is 13.2 Å². The molecule has 0 aromatic rings. The summed E-state index contributed by atoms with van der Waals surface area (Å²) in [4.78, 5) is 0. The lowest BCUT2D eigenvalue weighted by molar-refractivity contribution is -0.291. The van der Waals surface area contributed by atoms with Crippen molar-refractivity contribution in [3.8, 4) is 0 Å². The van der Waals surface area contributed by atoms with Crippen LogP contribution in [0.15, 0.2) is 0 Å². The fourth-order valence-electron chi connectivity index (χ4n) is 4.55. The largest absolute Gasteiger partial charge is 0.388 e. The number of unbranched alkanes of at least 4 members (excludes halogenated alkanes) is 14. The predicted octanol–water partition coefficient (Wildman–Crippen LogP) is 8.78. The van der Waals surface area contributed by atoms with Crippen LogP contribution in [0.2, 0.25) is 0 Å². The molecule has 0 radical (unpaired) electrons. The average Bonchev–Trinajstić information content (AvgIpc) is 2.83. The Hall–Kier alpha value is -0.200. The summed E-state index contributed by atoms with van der Waals surface area (Å²) in [6.45, 7) is 13.6. The summed E-state index contributed by atoms with van der Waals surface area (Å²) in [6, 6.07) is 0. The van der Waals surface area contributed by atoms with Gasteiger partial charge < -0.3 is 24.4 Å². The van der Waals surface area contributed by atoms with Crippen LogP contribution in [0.5, 0.6) is 0 Å². The van der Waals surface area contributed by atoms with Gasteiger partial charge in [-0.25, -0.2) is 0 Å². The highest BCUT2D eigenvalue weighted by Crippen LogP contribution is 2.16. The van der Waals surface area contributed by atoms with Crippen LogP contribution in [0.3, 0.4) is 0 Å². The normalized spacial score (nSPS) is 15.4. The average molecular weight is 531 g/mol. The lowest BCUT2D eigenvalue weighted by Crippen LogP contribution is -2.39. The van der Waals surface area contributed by atoms with E-state index in [1.54, 1.807) is 13.8 Å². The molecule has 0 fully saturated rings. The lowest BCUT2D eigenvalue weighted by atomic mass is 10.0. The molecule has 0 aromatic carbocycles. The van der Waals surface area contributed by atoms with Gasteiger partial charge in [-0.3, -0.25) is 0 Å². The summed E-state index contributed by atoms with van der Waals surface area (Å²) in [6.07, 6.45) is 19.6. The third kappa shape index (κ3) is 25.8. The monoisotopic (exact) mass is 530 g/mol. The first kappa shape index (κ1) is 36.8. The number of hydrogen-bond donors (Lipinski definition) is 2. The van der Waals surface area contributed by atoms with Gasteiger partial charge in [0.05, 0.1) is 0 Å². The molecule has 4 atom stereocenters. The molecular formula is C32H66O5. The number of aliphatic hydroxyl groups is 2. The van der Waals surface area contributed by atoms with Gasteiger partial charge in [-0.15, -0.1) is 0 Å². The van der Waals surface area contributed by atoms with Gasteiger partial charge in [0.2, 0.25) is 0 Å². The Morgan fingerprint density at radius 3 is 0.946 bits per heavy atom. The molecule has 0 aliphatic rings. The van der Waals surface area contributed by atoms with Gasteiger partial charge in [0, 0.05) is 13.2 Å². The molecule has 224 valence electrons. The van der Waals surface area contributed by atoms with Crippen LogP contribution in [-0.4, -0.2) is 48.2 Å². The first-order valence-corrected chi connectivity index (χ1v) is 16.0. The summed E-state index contributed by atoms with van der Waals surface area (Å²) >= 11 is 0. The quantitative estimate of drug-likeness (QED) is 0.0781. The van der Waals surface area contributed by atoms with Crippen LogP contribution in [0, 0.1) is 11.8 Å². The van der Waals surface area contributed by atoms with Crippen LogP contribution in [-0.2, 0) is 14.2 Å². The zero-order chi connectivity index (χ0) is 27.7. The molecule has 0 saturated heterocycles. The summed E-state index contributed by atoms with van der Waals surface area (Å²) in [7, 11) is 0. The van der Waals surface area contributed by atoms with E-state index in [2.05, 4.69) is 27.7 Å². The zero-order valence-corrected chi connectivity index (χ0v) is 25.7. The van der Waals surface area contributed by atoms with Gasteiger partial charge in [-0.05, 0) is 38.5 Å². The van der Waals surface area contributed by atoms with Gasteiger partial charge >= 0.3 is 0 Å². The Morgan fingerprint density at radius 1 is 0.405 bits per heavy atom. The van der Waals surface area contributed by atoms with Crippen molar-refractivity contribution in [3.63, 3.8) is 0 Å². The van der Waals surface area contributed by atoms with Crippen LogP contribution in [0.25, 0.3) is 0 Å². The second kappa shape index (κ2) is 26.0. The Labute approximate surface area is 231 Å². The zero-order valence-electron chi connectivity index (χ0n) is 25.7. The van der Waals surface area contributed by atoms with Gasteiger partial charge in [-0.2, -0.15) is 0 Å². The van der Waals surface area contributed by atoms with Crippen molar-refractivity contribution >= 4 is 0 Å². The van der Waals surface area contributed by atoms with Gasteiger partial charge in [0.25, 0.3) is 0 Å². The van der Waals surface area contributed by atoms with Gasteiger partial charge in [0.1, 0.15) is 12.2 Å². The molecule has 5 heteroatoms. The van der Waals surface area contributed by atoms with Crippen molar-refractivity contribution in [1.29, 1.82) is 0 Å². The molecule has 37 heavy (non-hydrogen) atoms. The first-order valence-electron chi connectivity index (χ1n) is 16.0. The van der Waals surface area contributed by atoms with Crippen LogP contribution in [0.4, 0.5) is 0 Å². The Kier molecular flexibility index (Phi) is 25.9. The molecule has 0 rings (SSSR count). The maximum atomic E-state index is 10.1. The summed E-state index contributed by atoms with van der Waals surface area (Å²) in [5, 5.41) is 20.2. The summed E-state index contributed by atoms with van der Waals surface area (Å²) in [5.74, 6) is 1.65. The maximum Gasteiger partial charge on any atom is 0.186 e. The standard InChI is InChI=1S/C32H66O5/c1-27(2)23-19-15-11-7-9-13-17-21-25-35-31(29(5)33)37-32(30(6)34)36-26-22-18-14-10-8-12-16-20-24-28(3)4/h27-34H,7-26H2,1-6H3. The minimum atomic E-state index is -0.781. The molecule has 0 saturated carbocycles. The first-order chi connectivity index (χ1) is 17.7. The number of hydrogen-bond acceptors (Lipinski definition) is 5. The molecule has 0 aliphatic carbocycles. The minimum Gasteiger partial charge on any atom is -0.388 e. The van der Waals surface area contributed by atoms with Crippen molar-refractivity contribution in [3.05, 3.63) is 0 Å². The molecular weight excluding hydrogens is 464 g/mol. The van der Waals surface area contributed by atoms with Crippen molar-refractivity contribution in [2.24, 2.45) is 11.8 Å². The third-order valence-corrected chi connectivity index (χ3v) is 6.97. The summed E-state index contributed by atoms with van der Waals surface area (Å²) in [5.41, 5.74) is 0. The maximum absolute atomic E-state index is 10.1. The SMILES string of the molecule is CC(C)CCCCCCCCCCOC(OC(OCCCCCCCCCCC(C)C)C(C)O)C(C)O. The molecule has 0 spiro atoms. The lowest BCUT2D eigenvalue weighted by Gasteiger charge is -2.28. The van der Waals surface area contributed by atoms with E-state index < -0.39 is 24.8 Å². The highest BCUT2D eigenvalue weighted by Gasteiger charge is 2.25. The van der Waals surface area contributed by atoms with E-state index in [9.17, 15) is 10.2 Å². The van der Waals surface area contributed by atoms with Gasteiger partial charge in [-0.1, -0.05) is 130 Å². The van der Waals surface area contributed by atoms with Crippen LogP contribution >= 0.6 is 0 Å². The molecule has 0 aliphatic heterocycles. The minimum absolute atomic E-state index is 0.550. The topological polar surface area (TPSA) is 68.2 Å². The van der Waals surface area contributed by atoms with Crippen LogP contribution in [0.1, 0.15) is 157 Å². The van der Waals surface area contributed by atoms with E-state index in [-0.39, 0.29) is 0 Å². The highest BCUT2D eigenvalue weighted by molar-refractivity contribution is 4.60. The second-order valence-electron chi connectivity index (χ2n) is 12.1. The van der Waals surface area contributed by atoms with Crippen molar-refractivity contribution in [2.45, 2.75) is 182 Å². The van der Waals surface area contributed by atoms with Crippen LogP contribution < -0.4 is 0 Å². The van der Waals surface area contributed by atoms with Gasteiger partial charge in [0.15, 0.2) is 12.6 Å². The Bertz CT molecular complexity index is 412. The molecule has 0 amide bonds. The molecule has 0 heterocycles. The molecule has 5 nitrogen and oxygen atoms in total. The van der Waals surface area contributed by atoms with E-state index in [0.29, 0.717) is 13.2 Å². The number of ether oxygens (including phenoxy) is 3. The molecule has 2 N–H and O–H groups in total. The van der Waals surface area contributed by atoms with Crippen molar-refractivity contribution in [1.82, 2.24) is 0 Å². The summed E-state index contributed by atoms with van der Waals surface area (Å²) < 4.78 is 17.5. The Morgan fingerprint density at radius 2 is 0.676 bits per heavy atom. The number of rotatable bonds is 28. The smallest absolute Gasteiger partial charge is 0.186 e. The molecule has 4 unspecified atom stereocenters. The van der Waals surface area contributed by atoms with Crippen molar-refractivity contribution < 1.29 is 24.4 Å². The molecule has 0 bridgehead atoms. The third-order valence-electron chi connectivity index (χ3n) is 6.97. The highest BCUT2D eigenvalue weighted by atomic mass is 16.8. The van der Waals surface area contributed by atoms with E-state index in [4.69, 9.17) is 14.2 Å². The molecule has 0 aromatic heterocycles. The van der Waals surface area contributed by atoms with E-state index >= 15 is 0 Å². The number of aliphatic hydroxyl groups excluding tert-OH is 2.